The van der Waals surface area contributed by atoms with Crippen molar-refractivity contribution in [3.05, 3.63) is 48.6 Å². The van der Waals surface area contributed by atoms with Crippen molar-refractivity contribution < 1.29 is 23.7 Å². The van der Waals surface area contributed by atoms with Crippen molar-refractivity contribution in [1.82, 2.24) is 0 Å². The first-order chi connectivity index (χ1) is 15.4. The number of ether oxygens (including phenoxy) is 3. The fourth-order valence-electron chi connectivity index (χ4n) is 4.57. The zero-order chi connectivity index (χ0) is 24.3. The van der Waals surface area contributed by atoms with Crippen LogP contribution in [0.2, 0.25) is 18.1 Å². The van der Waals surface area contributed by atoms with Crippen LogP contribution in [0.1, 0.15) is 58.9 Å². The first-order valence-corrected chi connectivity index (χ1v) is 15.3. The van der Waals surface area contributed by atoms with E-state index in [2.05, 4.69) is 59.5 Å². The standard InChI is InChI=1S/C27H44O5Si/c1-8-23-14-22(28)16-27(30-23)17-24(32-33(6,7)26(3,4)5)15-25(31-27)20(2)18-29-19-21-12-10-9-11-13-21/h8-13,20,22-25,28H,1,14-19H2,2-7H3/t20-,22-,23-,24?,25+,27+/m0/s1. The zero-order valence-electron chi connectivity index (χ0n) is 21.4. The summed E-state index contributed by atoms with van der Waals surface area (Å²) >= 11 is 0. The molecule has 33 heavy (non-hydrogen) atoms. The summed E-state index contributed by atoms with van der Waals surface area (Å²) in [5.74, 6) is -0.679. The van der Waals surface area contributed by atoms with Crippen molar-refractivity contribution in [3.63, 3.8) is 0 Å². The highest BCUT2D eigenvalue weighted by Gasteiger charge is 2.51. The van der Waals surface area contributed by atoms with Gasteiger partial charge in [0.05, 0.1) is 37.6 Å². The molecule has 0 amide bonds. The molecule has 0 aliphatic carbocycles. The van der Waals surface area contributed by atoms with Crippen LogP contribution >= 0.6 is 0 Å². The molecule has 2 fully saturated rings. The van der Waals surface area contributed by atoms with Crippen LogP contribution in [0.15, 0.2) is 43.0 Å². The normalized spacial score (nSPS) is 32.0. The van der Waals surface area contributed by atoms with Crippen molar-refractivity contribution in [2.75, 3.05) is 6.61 Å². The molecule has 6 heteroatoms. The zero-order valence-corrected chi connectivity index (χ0v) is 22.4. The Kier molecular flexibility index (Phi) is 8.63. The quantitative estimate of drug-likeness (QED) is 0.378. The monoisotopic (exact) mass is 476 g/mol. The van der Waals surface area contributed by atoms with Gasteiger partial charge in [0.15, 0.2) is 14.1 Å². The maximum Gasteiger partial charge on any atom is 0.192 e. The molecule has 1 unspecified atom stereocenters. The Bertz CT molecular complexity index is 762. The second kappa shape index (κ2) is 10.7. The van der Waals surface area contributed by atoms with Crippen LogP contribution in [0, 0.1) is 5.92 Å². The van der Waals surface area contributed by atoms with Crippen LogP contribution in [-0.2, 0) is 25.2 Å². The van der Waals surface area contributed by atoms with E-state index in [9.17, 15) is 5.11 Å². The lowest BCUT2D eigenvalue weighted by atomic mass is 9.87. The summed E-state index contributed by atoms with van der Waals surface area (Å²) in [5.41, 5.74) is 1.16. The highest BCUT2D eigenvalue weighted by Crippen LogP contribution is 2.45. The van der Waals surface area contributed by atoms with Crippen molar-refractivity contribution >= 4 is 8.32 Å². The van der Waals surface area contributed by atoms with E-state index in [1.54, 1.807) is 6.08 Å². The van der Waals surface area contributed by atoms with Crippen LogP contribution in [-0.4, -0.2) is 50.2 Å². The smallest absolute Gasteiger partial charge is 0.192 e. The van der Waals surface area contributed by atoms with Crippen molar-refractivity contribution in [3.8, 4) is 0 Å². The second-order valence-corrected chi connectivity index (χ2v) is 16.2. The lowest BCUT2D eigenvalue weighted by Gasteiger charge is -2.51. The van der Waals surface area contributed by atoms with Crippen molar-refractivity contribution in [2.24, 2.45) is 5.92 Å². The molecule has 0 aromatic heterocycles. The summed E-state index contributed by atoms with van der Waals surface area (Å²) < 4.78 is 26.0. The molecule has 6 atom stereocenters. The molecule has 2 aliphatic rings. The van der Waals surface area contributed by atoms with Crippen LogP contribution in [0.3, 0.4) is 0 Å². The number of hydrogen-bond donors (Lipinski definition) is 1. The number of aliphatic hydroxyl groups excluding tert-OH is 1. The lowest BCUT2D eigenvalue weighted by molar-refractivity contribution is -0.337. The SMILES string of the molecule is C=C[C@H]1C[C@H](O)C[C@@]2(CC(O[Si](C)(C)C(C)(C)C)C[C@H]([C@@H](C)COCc3ccccc3)O2)O1. The van der Waals surface area contributed by atoms with E-state index >= 15 is 0 Å². The average molecular weight is 477 g/mol. The minimum absolute atomic E-state index is 0.0250. The molecule has 0 saturated carbocycles. The van der Waals surface area contributed by atoms with Gasteiger partial charge in [-0.15, -0.1) is 6.58 Å². The van der Waals surface area contributed by atoms with Gasteiger partial charge in [-0.05, 0) is 30.1 Å². The largest absolute Gasteiger partial charge is 0.414 e. The maximum absolute atomic E-state index is 10.6. The number of hydrogen-bond acceptors (Lipinski definition) is 5. The van der Waals surface area contributed by atoms with Gasteiger partial charge in [0, 0.05) is 25.2 Å². The molecule has 1 spiro atoms. The van der Waals surface area contributed by atoms with Crippen LogP contribution in [0.4, 0.5) is 0 Å². The number of rotatable bonds is 8. The van der Waals surface area contributed by atoms with Gasteiger partial charge in [-0.2, -0.15) is 0 Å². The lowest BCUT2D eigenvalue weighted by Crippen LogP contribution is -2.58. The van der Waals surface area contributed by atoms with Gasteiger partial charge in [-0.1, -0.05) is 64.1 Å². The third-order valence-electron chi connectivity index (χ3n) is 7.47. The molecule has 2 heterocycles. The summed E-state index contributed by atoms with van der Waals surface area (Å²) in [5, 5.41) is 10.7. The summed E-state index contributed by atoms with van der Waals surface area (Å²) in [6.45, 7) is 18.6. The molecule has 186 valence electrons. The van der Waals surface area contributed by atoms with Crippen LogP contribution in [0.25, 0.3) is 0 Å². The van der Waals surface area contributed by atoms with Gasteiger partial charge in [0.2, 0.25) is 0 Å². The predicted octanol–water partition coefficient (Wildman–Crippen LogP) is 5.83. The van der Waals surface area contributed by atoms with Gasteiger partial charge < -0.3 is 23.7 Å². The van der Waals surface area contributed by atoms with Crippen LogP contribution < -0.4 is 0 Å². The fraction of sp³-hybridized carbons (Fsp3) is 0.704. The molecule has 1 N–H and O–H groups in total. The Labute approximate surface area is 201 Å². The van der Waals surface area contributed by atoms with E-state index in [0.717, 1.165) is 12.0 Å². The summed E-state index contributed by atoms with van der Waals surface area (Å²) in [6, 6.07) is 10.2. The summed E-state index contributed by atoms with van der Waals surface area (Å²) in [4.78, 5) is 0. The molecule has 0 radical (unpaired) electrons. The van der Waals surface area contributed by atoms with E-state index in [4.69, 9.17) is 18.6 Å². The Morgan fingerprint density at radius 2 is 1.88 bits per heavy atom. The van der Waals surface area contributed by atoms with E-state index in [1.165, 1.54) is 0 Å². The molecule has 3 rings (SSSR count). The van der Waals surface area contributed by atoms with Crippen molar-refractivity contribution in [2.45, 2.75) is 108 Å². The van der Waals surface area contributed by atoms with Gasteiger partial charge in [0.25, 0.3) is 0 Å². The molecule has 2 aliphatic heterocycles. The molecule has 1 aromatic rings. The average Bonchev–Trinajstić information content (AvgIpc) is 2.72. The van der Waals surface area contributed by atoms with Crippen molar-refractivity contribution in [1.29, 1.82) is 0 Å². The topological polar surface area (TPSA) is 57.2 Å². The van der Waals surface area contributed by atoms with Gasteiger partial charge in [-0.3, -0.25) is 0 Å². The molecular formula is C27H44O5Si. The highest BCUT2D eigenvalue weighted by molar-refractivity contribution is 6.74. The molecule has 5 nitrogen and oxygen atoms in total. The van der Waals surface area contributed by atoms with Gasteiger partial charge in [0.1, 0.15) is 0 Å². The Hall–Kier alpha value is -1.02. The maximum atomic E-state index is 10.6. The Morgan fingerprint density at radius 1 is 1.18 bits per heavy atom. The first-order valence-electron chi connectivity index (χ1n) is 12.4. The van der Waals surface area contributed by atoms with Crippen LogP contribution in [0.5, 0.6) is 0 Å². The highest BCUT2D eigenvalue weighted by atomic mass is 28.4. The minimum atomic E-state index is -1.97. The third-order valence-corrected chi connectivity index (χ3v) is 12.0. The molecule has 0 bridgehead atoms. The molecular weight excluding hydrogens is 432 g/mol. The third kappa shape index (κ3) is 7.00. The Balaban J connectivity index is 1.73. The minimum Gasteiger partial charge on any atom is -0.414 e. The number of benzene rings is 1. The predicted molar refractivity (Wildman–Crippen MR) is 134 cm³/mol. The van der Waals surface area contributed by atoms with Gasteiger partial charge >= 0.3 is 0 Å². The molecule has 1 aromatic carbocycles. The van der Waals surface area contributed by atoms with E-state index in [-0.39, 0.29) is 29.3 Å². The van der Waals surface area contributed by atoms with E-state index in [1.807, 2.05) is 18.2 Å². The fourth-order valence-corrected chi connectivity index (χ4v) is 5.94. The molecule has 2 saturated heterocycles. The summed E-state index contributed by atoms with van der Waals surface area (Å²) in [6.07, 6.45) is 3.50. The Morgan fingerprint density at radius 3 is 2.52 bits per heavy atom. The van der Waals surface area contributed by atoms with E-state index in [0.29, 0.717) is 32.5 Å². The first kappa shape index (κ1) is 26.6. The number of aliphatic hydroxyl groups is 1. The van der Waals surface area contributed by atoms with E-state index < -0.39 is 20.2 Å². The summed E-state index contributed by atoms with van der Waals surface area (Å²) in [7, 11) is -1.97. The second-order valence-electron chi connectivity index (χ2n) is 11.5. The van der Waals surface area contributed by atoms with Gasteiger partial charge in [-0.25, -0.2) is 0 Å².